The second kappa shape index (κ2) is 4.12. The highest BCUT2D eigenvalue weighted by Crippen LogP contribution is 2.25. The van der Waals surface area contributed by atoms with Gasteiger partial charge in [-0.25, -0.2) is 14.0 Å². The van der Waals surface area contributed by atoms with Crippen molar-refractivity contribution in [1.29, 1.82) is 0 Å². The van der Waals surface area contributed by atoms with E-state index in [4.69, 9.17) is 10.2 Å². The van der Waals surface area contributed by atoms with Crippen LogP contribution in [0.25, 0.3) is 0 Å². The van der Waals surface area contributed by atoms with Gasteiger partial charge in [0.15, 0.2) is 6.80 Å². The maximum absolute atomic E-state index is 12.5. The molecule has 6 heteroatoms. The summed E-state index contributed by atoms with van der Waals surface area (Å²) in [5.41, 5.74) is 0.0122. The Labute approximate surface area is 85.1 Å². The van der Waals surface area contributed by atoms with Crippen molar-refractivity contribution in [2.75, 3.05) is 6.80 Å². The Morgan fingerprint density at radius 2 is 2.07 bits per heavy atom. The number of rotatable bonds is 3. The second-order valence-corrected chi connectivity index (χ2v) is 3.09. The number of alkyl halides is 1. The fourth-order valence-corrected chi connectivity index (χ4v) is 1.31. The fraction of sp³-hybridized carbons (Fsp3) is 0.333. The van der Waals surface area contributed by atoms with E-state index < -0.39 is 18.7 Å². The van der Waals surface area contributed by atoms with Crippen LogP contribution in [0.2, 0.25) is 0 Å². The smallest absolute Gasteiger partial charge is 0.333 e. The third-order valence-corrected chi connectivity index (χ3v) is 2.21. The molecule has 0 aromatic rings. The van der Waals surface area contributed by atoms with E-state index in [2.05, 4.69) is 0 Å². The van der Waals surface area contributed by atoms with Crippen molar-refractivity contribution in [2.45, 2.75) is 13.3 Å². The minimum atomic E-state index is -1.24. The summed E-state index contributed by atoms with van der Waals surface area (Å²) in [7, 11) is 0. The molecule has 0 radical (unpaired) electrons. The molecular formula is C9H10FNO4. The highest BCUT2D eigenvalue weighted by Gasteiger charge is 2.25. The lowest BCUT2D eigenvalue weighted by atomic mass is 10.0. The van der Waals surface area contributed by atoms with Crippen LogP contribution >= 0.6 is 0 Å². The van der Waals surface area contributed by atoms with Crippen molar-refractivity contribution in [3.05, 3.63) is 23.0 Å². The Balaban J connectivity index is 3.09. The van der Waals surface area contributed by atoms with Gasteiger partial charge in [-0.3, -0.25) is 0 Å². The predicted molar refractivity (Wildman–Crippen MR) is 48.5 cm³/mol. The van der Waals surface area contributed by atoms with Crippen LogP contribution in [0.15, 0.2) is 23.0 Å². The maximum Gasteiger partial charge on any atom is 0.333 e. The Morgan fingerprint density at radius 1 is 1.47 bits per heavy atom. The average molecular weight is 215 g/mol. The number of carboxylic acid groups (broad SMARTS) is 2. The van der Waals surface area contributed by atoms with Crippen LogP contribution in [-0.4, -0.2) is 33.9 Å². The zero-order chi connectivity index (χ0) is 11.6. The molecule has 82 valence electrons. The topological polar surface area (TPSA) is 77.8 Å². The largest absolute Gasteiger partial charge is 0.478 e. The SMILES string of the molecule is CC1=C(C(=O)O)CC(C(=O)O)=CN1CF. The zero-order valence-electron chi connectivity index (χ0n) is 8.03. The van der Waals surface area contributed by atoms with Crippen molar-refractivity contribution in [2.24, 2.45) is 0 Å². The third-order valence-electron chi connectivity index (χ3n) is 2.21. The molecule has 0 amide bonds. The first-order valence-corrected chi connectivity index (χ1v) is 4.17. The molecule has 0 aromatic heterocycles. The molecule has 0 unspecified atom stereocenters. The minimum absolute atomic E-state index is 0.0902. The molecule has 0 aliphatic carbocycles. The van der Waals surface area contributed by atoms with Gasteiger partial charge in [0.2, 0.25) is 0 Å². The van der Waals surface area contributed by atoms with Crippen molar-refractivity contribution in [3.8, 4) is 0 Å². The molecule has 1 heterocycles. The van der Waals surface area contributed by atoms with Crippen LogP contribution in [0.5, 0.6) is 0 Å². The summed E-state index contributed by atoms with van der Waals surface area (Å²) in [4.78, 5) is 22.4. The zero-order valence-corrected chi connectivity index (χ0v) is 8.03. The van der Waals surface area contributed by atoms with Gasteiger partial charge in [-0.05, 0) is 6.92 Å². The third kappa shape index (κ3) is 2.15. The number of hydrogen-bond acceptors (Lipinski definition) is 3. The number of aliphatic carboxylic acids is 2. The molecule has 1 aliphatic heterocycles. The predicted octanol–water partition coefficient (Wildman–Crippen LogP) is 0.946. The van der Waals surface area contributed by atoms with Gasteiger partial charge in [0.05, 0.1) is 11.1 Å². The highest BCUT2D eigenvalue weighted by molar-refractivity contribution is 5.94. The first-order valence-electron chi connectivity index (χ1n) is 4.17. The minimum Gasteiger partial charge on any atom is -0.478 e. The molecule has 0 saturated heterocycles. The first-order chi connectivity index (χ1) is 6.97. The van der Waals surface area contributed by atoms with Crippen molar-refractivity contribution >= 4 is 11.9 Å². The molecule has 2 N–H and O–H groups in total. The lowest BCUT2D eigenvalue weighted by Gasteiger charge is -2.24. The van der Waals surface area contributed by atoms with Gasteiger partial charge < -0.3 is 15.1 Å². The van der Waals surface area contributed by atoms with Gasteiger partial charge >= 0.3 is 11.9 Å². The van der Waals surface area contributed by atoms with E-state index in [0.29, 0.717) is 0 Å². The van der Waals surface area contributed by atoms with E-state index >= 15 is 0 Å². The maximum atomic E-state index is 12.5. The van der Waals surface area contributed by atoms with Gasteiger partial charge in [0.25, 0.3) is 0 Å². The molecule has 0 saturated carbocycles. The molecule has 15 heavy (non-hydrogen) atoms. The molecule has 1 aliphatic rings. The summed E-state index contributed by atoms with van der Waals surface area (Å²) in [5, 5.41) is 17.5. The Bertz CT molecular complexity index is 372. The Morgan fingerprint density at radius 3 is 2.47 bits per heavy atom. The number of carboxylic acids is 2. The van der Waals surface area contributed by atoms with Crippen molar-refractivity contribution in [3.63, 3.8) is 0 Å². The number of allylic oxidation sites excluding steroid dienone is 1. The Kier molecular flexibility index (Phi) is 3.08. The van der Waals surface area contributed by atoms with Gasteiger partial charge in [0.1, 0.15) is 0 Å². The lowest BCUT2D eigenvalue weighted by molar-refractivity contribution is -0.133. The second-order valence-electron chi connectivity index (χ2n) is 3.09. The van der Waals surface area contributed by atoms with Crippen LogP contribution in [0.3, 0.4) is 0 Å². The molecule has 0 bridgehead atoms. The number of halogens is 1. The van der Waals surface area contributed by atoms with Crippen LogP contribution in [0, 0.1) is 0 Å². The summed E-state index contributed by atoms with van der Waals surface area (Å²) < 4.78 is 12.5. The van der Waals surface area contributed by atoms with Crippen LogP contribution in [0.1, 0.15) is 13.3 Å². The van der Waals surface area contributed by atoms with Gasteiger partial charge in [-0.2, -0.15) is 0 Å². The number of nitrogens with zero attached hydrogens (tertiary/aromatic N) is 1. The van der Waals surface area contributed by atoms with E-state index in [1.54, 1.807) is 0 Å². The van der Waals surface area contributed by atoms with Crippen molar-refractivity contribution in [1.82, 2.24) is 4.90 Å². The van der Waals surface area contributed by atoms with Crippen LogP contribution in [0.4, 0.5) is 4.39 Å². The van der Waals surface area contributed by atoms with E-state index in [-0.39, 0.29) is 23.3 Å². The van der Waals surface area contributed by atoms with Gasteiger partial charge in [-0.15, -0.1) is 0 Å². The summed E-state index contributed by atoms with van der Waals surface area (Å²) in [5.74, 6) is -2.46. The summed E-state index contributed by atoms with van der Waals surface area (Å²) in [6, 6.07) is 0. The van der Waals surface area contributed by atoms with Crippen LogP contribution in [-0.2, 0) is 9.59 Å². The molecule has 0 fully saturated rings. The molecule has 5 nitrogen and oxygen atoms in total. The summed E-state index contributed by atoms with van der Waals surface area (Å²) in [6.07, 6.45) is 0.928. The molecule has 0 spiro atoms. The summed E-state index contributed by atoms with van der Waals surface area (Å²) in [6.45, 7) is 0.498. The first kappa shape index (κ1) is 11.2. The summed E-state index contributed by atoms with van der Waals surface area (Å²) >= 11 is 0. The number of hydrogen-bond donors (Lipinski definition) is 2. The van der Waals surface area contributed by atoms with E-state index in [1.807, 2.05) is 0 Å². The van der Waals surface area contributed by atoms with Gasteiger partial charge in [-0.1, -0.05) is 0 Å². The molecule has 0 aromatic carbocycles. The van der Waals surface area contributed by atoms with Crippen molar-refractivity contribution < 1.29 is 24.2 Å². The van der Waals surface area contributed by atoms with E-state index in [9.17, 15) is 14.0 Å². The fourth-order valence-electron chi connectivity index (χ4n) is 1.31. The number of carbonyl (C=O) groups is 2. The Hall–Kier alpha value is -1.85. The normalized spacial score (nSPS) is 16.4. The van der Waals surface area contributed by atoms with E-state index in [0.717, 1.165) is 11.1 Å². The molecule has 0 atom stereocenters. The lowest BCUT2D eigenvalue weighted by Crippen LogP contribution is -2.25. The quantitative estimate of drug-likeness (QED) is 0.685. The van der Waals surface area contributed by atoms with Gasteiger partial charge in [0, 0.05) is 18.3 Å². The highest BCUT2D eigenvalue weighted by atomic mass is 19.1. The molecule has 1 rings (SSSR count). The molecular weight excluding hydrogens is 205 g/mol. The van der Waals surface area contributed by atoms with E-state index in [1.165, 1.54) is 6.92 Å². The monoisotopic (exact) mass is 215 g/mol. The van der Waals surface area contributed by atoms with Crippen LogP contribution < -0.4 is 0 Å². The average Bonchev–Trinajstić information content (AvgIpc) is 2.17. The standard InChI is InChI=1S/C9H10FNO4/c1-5-7(9(14)15)2-6(8(12)13)3-11(5)4-10/h3H,2,4H2,1H3,(H,12,13)(H,14,15).